The van der Waals surface area contributed by atoms with E-state index in [-0.39, 0.29) is 17.9 Å². The Morgan fingerprint density at radius 3 is 2.42 bits per heavy atom. The molecule has 0 spiro atoms. The summed E-state index contributed by atoms with van der Waals surface area (Å²) in [7, 11) is 1.39. The number of benzene rings is 2. The van der Waals surface area contributed by atoms with E-state index in [1.54, 1.807) is 42.5 Å². The first-order chi connectivity index (χ1) is 12.4. The second-order valence-electron chi connectivity index (χ2n) is 5.23. The Labute approximate surface area is 160 Å². The molecular formula is C17H16Cl2N2O5. The van der Waals surface area contributed by atoms with E-state index in [2.05, 4.69) is 5.32 Å². The molecule has 0 bridgehead atoms. The number of nitrogens with one attached hydrogen (secondary N) is 1. The molecule has 2 rings (SSSR count). The van der Waals surface area contributed by atoms with Gasteiger partial charge in [-0.25, -0.2) is 4.79 Å². The summed E-state index contributed by atoms with van der Waals surface area (Å²) in [6, 6.07) is 13.9. The topological polar surface area (TPSA) is 90.7 Å². The molecule has 0 radical (unpaired) electrons. The van der Waals surface area contributed by atoms with Gasteiger partial charge in [-0.15, -0.1) is 0 Å². The molecule has 9 heteroatoms. The predicted octanol–water partition coefficient (Wildman–Crippen LogP) is 4.07. The zero-order chi connectivity index (χ0) is 19.2. The van der Waals surface area contributed by atoms with Crippen LogP contribution in [0.3, 0.4) is 0 Å². The van der Waals surface area contributed by atoms with Gasteiger partial charge in [-0.2, -0.15) is 0 Å². The Balaban J connectivity index is 2.21. The molecule has 1 amide bonds. The van der Waals surface area contributed by atoms with Gasteiger partial charge in [-0.1, -0.05) is 48.5 Å². The first-order valence-corrected chi connectivity index (χ1v) is 8.24. The van der Waals surface area contributed by atoms with Gasteiger partial charge in [-0.05, 0) is 34.8 Å². The lowest BCUT2D eigenvalue weighted by molar-refractivity contribution is -0.521. The lowest BCUT2D eigenvalue weighted by Gasteiger charge is -2.25. The van der Waals surface area contributed by atoms with Crippen LogP contribution in [0, 0.1) is 10.1 Å². The van der Waals surface area contributed by atoms with Crippen LogP contribution in [0.5, 0.6) is 5.75 Å². The van der Waals surface area contributed by atoms with Crippen molar-refractivity contribution in [2.45, 2.75) is 17.1 Å². The monoisotopic (exact) mass is 398 g/mol. The number of hydrogen-bond acceptors (Lipinski definition) is 5. The SMILES string of the molecule is COc1ccccc1[C@H](NC(=O)OCc1ccccc1)C(Cl)(Cl)[N+](=O)[O-]. The van der Waals surface area contributed by atoms with Crippen LogP contribution < -0.4 is 10.1 Å². The summed E-state index contributed by atoms with van der Waals surface area (Å²) in [5.41, 5.74) is 1.00. The Morgan fingerprint density at radius 2 is 1.81 bits per heavy atom. The first kappa shape index (κ1) is 19.8. The van der Waals surface area contributed by atoms with Crippen LogP contribution in [-0.4, -0.2) is 22.6 Å². The van der Waals surface area contributed by atoms with E-state index >= 15 is 0 Å². The Hall–Kier alpha value is -2.51. The van der Waals surface area contributed by atoms with Gasteiger partial charge in [0.1, 0.15) is 12.4 Å². The van der Waals surface area contributed by atoms with E-state index < -0.39 is 21.5 Å². The summed E-state index contributed by atoms with van der Waals surface area (Å²) >= 11 is 11.8. The second kappa shape index (κ2) is 8.73. The molecule has 26 heavy (non-hydrogen) atoms. The van der Waals surface area contributed by atoms with Crippen molar-refractivity contribution >= 4 is 29.3 Å². The minimum atomic E-state index is -2.53. The molecule has 0 saturated carbocycles. The lowest BCUT2D eigenvalue weighted by Crippen LogP contribution is -2.44. The fourth-order valence-corrected chi connectivity index (χ4v) is 2.59. The highest BCUT2D eigenvalue weighted by atomic mass is 35.5. The van der Waals surface area contributed by atoms with Crippen molar-refractivity contribution in [3.05, 3.63) is 75.8 Å². The molecule has 138 valence electrons. The van der Waals surface area contributed by atoms with E-state index in [9.17, 15) is 14.9 Å². The average Bonchev–Trinajstić information content (AvgIpc) is 2.65. The molecule has 0 unspecified atom stereocenters. The van der Waals surface area contributed by atoms with Gasteiger partial charge in [0.15, 0.2) is 6.04 Å². The third-order valence-electron chi connectivity index (χ3n) is 3.52. The van der Waals surface area contributed by atoms with E-state index in [4.69, 9.17) is 32.7 Å². The van der Waals surface area contributed by atoms with Gasteiger partial charge in [0.05, 0.1) is 12.0 Å². The molecule has 1 atom stereocenters. The van der Waals surface area contributed by atoms with Gasteiger partial charge in [0.2, 0.25) is 0 Å². The normalized spacial score (nSPS) is 12.1. The molecule has 2 aromatic carbocycles. The molecule has 7 nitrogen and oxygen atoms in total. The maximum Gasteiger partial charge on any atom is 0.408 e. The van der Waals surface area contributed by atoms with E-state index in [1.807, 2.05) is 6.07 Å². The molecule has 2 aromatic rings. The third kappa shape index (κ3) is 4.77. The van der Waals surface area contributed by atoms with Gasteiger partial charge in [-0.3, -0.25) is 10.1 Å². The van der Waals surface area contributed by atoms with E-state index in [1.165, 1.54) is 13.2 Å². The summed E-state index contributed by atoms with van der Waals surface area (Å²) in [6.07, 6.45) is -0.905. The minimum Gasteiger partial charge on any atom is -0.496 e. The number of alkyl carbamates (subject to hydrolysis) is 1. The summed E-state index contributed by atoms with van der Waals surface area (Å²) in [6.45, 7) is -0.0125. The van der Waals surface area contributed by atoms with Gasteiger partial charge in [0.25, 0.3) is 0 Å². The number of nitrogens with zero attached hydrogens (tertiary/aromatic N) is 1. The average molecular weight is 399 g/mol. The fourth-order valence-electron chi connectivity index (χ4n) is 2.24. The zero-order valence-electron chi connectivity index (χ0n) is 13.7. The van der Waals surface area contributed by atoms with Crippen LogP contribution in [0.15, 0.2) is 54.6 Å². The van der Waals surface area contributed by atoms with Crippen LogP contribution in [0.1, 0.15) is 17.2 Å². The van der Waals surface area contributed by atoms with Crippen LogP contribution in [0.4, 0.5) is 4.79 Å². The number of alkyl halides is 2. The first-order valence-electron chi connectivity index (χ1n) is 7.48. The number of para-hydroxylation sites is 1. The number of carbonyl (C=O) groups excluding carboxylic acids is 1. The van der Waals surface area contributed by atoms with Crippen molar-refractivity contribution < 1.29 is 19.2 Å². The van der Waals surface area contributed by atoms with Crippen LogP contribution in [0.25, 0.3) is 0 Å². The number of carbonyl (C=O) groups is 1. The van der Waals surface area contributed by atoms with Gasteiger partial charge < -0.3 is 14.8 Å². The molecule has 0 aliphatic heterocycles. The number of amides is 1. The van der Waals surface area contributed by atoms with Crippen molar-refractivity contribution in [1.29, 1.82) is 0 Å². The number of hydrogen-bond donors (Lipinski definition) is 1. The molecular weight excluding hydrogens is 383 g/mol. The highest BCUT2D eigenvalue weighted by molar-refractivity contribution is 6.47. The van der Waals surface area contributed by atoms with Crippen molar-refractivity contribution in [3.63, 3.8) is 0 Å². The van der Waals surface area contributed by atoms with Gasteiger partial charge >= 0.3 is 10.6 Å². The number of nitro groups is 1. The zero-order valence-corrected chi connectivity index (χ0v) is 15.2. The highest BCUT2D eigenvalue weighted by Gasteiger charge is 2.50. The van der Waals surface area contributed by atoms with Crippen molar-refractivity contribution in [2.75, 3.05) is 7.11 Å². The van der Waals surface area contributed by atoms with E-state index in [0.717, 1.165) is 5.56 Å². The Kier molecular flexibility index (Phi) is 6.65. The minimum absolute atomic E-state index is 0.0125. The molecule has 0 saturated heterocycles. The molecule has 1 N–H and O–H groups in total. The number of ether oxygens (including phenoxy) is 2. The summed E-state index contributed by atoms with van der Waals surface area (Å²) in [5, 5.41) is 13.7. The van der Waals surface area contributed by atoms with Crippen LogP contribution >= 0.6 is 23.2 Å². The summed E-state index contributed by atoms with van der Waals surface area (Å²) < 4.78 is 7.75. The predicted molar refractivity (Wildman–Crippen MR) is 96.9 cm³/mol. The maximum absolute atomic E-state index is 12.2. The van der Waals surface area contributed by atoms with Crippen LogP contribution in [0.2, 0.25) is 0 Å². The molecule has 0 aliphatic carbocycles. The van der Waals surface area contributed by atoms with Crippen molar-refractivity contribution in [3.8, 4) is 5.75 Å². The number of methoxy groups -OCH3 is 1. The maximum atomic E-state index is 12.2. The summed E-state index contributed by atoms with van der Waals surface area (Å²) in [4.78, 5) is 22.6. The van der Waals surface area contributed by atoms with Crippen molar-refractivity contribution in [1.82, 2.24) is 5.32 Å². The highest BCUT2D eigenvalue weighted by Crippen LogP contribution is 2.40. The smallest absolute Gasteiger partial charge is 0.408 e. The summed E-state index contributed by atoms with van der Waals surface area (Å²) in [5.74, 6) is 0.286. The van der Waals surface area contributed by atoms with Gasteiger partial charge in [0, 0.05) is 5.56 Å². The second-order valence-corrected chi connectivity index (χ2v) is 6.57. The Bertz CT molecular complexity index is 771. The fraction of sp³-hybridized carbons (Fsp3) is 0.235. The molecule has 0 heterocycles. The lowest BCUT2D eigenvalue weighted by atomic mass is 10.1. The number of rotatable bonds is 7. The molecule has 0 aromatic heterocycles. The standard InChI is InChI=1S/C17H16Cl2N2O5/c1-25-14-10-6-5-9-13(14)15(17(18,19)21(23)24)20-16(22)26-11-12-7-3-2-4-8-12/h2-10,15H,11H2,1H3,(H,20,22)/t15-/m0/s1. The van der Waals surface area contributed by atoms with Crippen molar-refractivity contribution in [2.24, 2.45) is 0 Å². The van der Waals surface area contributed by atoms with E-state index in [0.29, 0.717) is 0 Å². The molecule has 0 aliphatic rings. The third-order valence-corrected chi connectivity index (χ3v) is 4.23. The molecule has 0 fully saturated rings. The number of halogens is 2. The van der Waals surface area contributed by atoms with Crippen LogP contribution in [-0.2, 0) is 11.3 Å². The largest absolute Gasteiger partial charge is 0.496 e. The quantitative estimate of drug-likeness (QED) is 0.328. The Morgan fingerprint density at radius 1 is 1.19 bits per heavy atom.